The first-order chi connectivity index (χ1) is 9.61. The number of nitrogens with zero attached hydrogens (tertiary/aromatic N) is 2. The maximum Gasteiger partial charge on any atom is 0.353 e. The Kier molecular flexibility index (Phi) is 2.71. The van der Waals surface area contributed by atoms with Gasteiger partial charge in [0.15, 0.2) is 0 Å². The molecule has 0 bridgehead atoms. The summed E-state index contributed by atoms with van der Waals surface area (Å²) in [7, 11) is 3.56. The van der Waals surface area contributed by atoms with E-state index < -0.39 is 5.97 Å². The topological polar surface area (TPSA) is 80.1 Å². The van der Waals surface area contributed by atoms with Gasteiger partial charge >= 0.3 is 5.97 Å². The number of aromatic amines is 1. The van der Waals surface area contributed by atoms with E-state index in [-0.39, 0.29) is 5.69 Å². The van der Waals surface area contributed by atoms with Crippen LogP contribution in [0.3, 0.4) is 0 Å². The molecule has 2 aromatic heterocycles. The summed E-state index contributed by atoms with van der Waals surface area (Å²) in [6.07, 6.45) is 1.93. The van der Waals surface area contributed by atoms with Gasteiger partial charge in [-0.2, -0.15) is 5.10 Å². The molecule has 0 aliphatic carbocycles. The number of H-pyrrole nitrogens is 1. The summed E-state index contributed by atoms with van der Waals surface area (Å²) < 4.78 is 7.32. The Labute approximate surface area is 114 Å². The molecule has 0 radical (unpaired) electrons. The fourth-order valence-electron chi connectivity index (χ4n) is 2.34. The van der Waals surface area contributed by atoms with Crippen molar-refractivity contribution in [1.82, 2.24) is 14.8 Å². The minimum Gasteiger partial charge on any atom is -0.495 e. The standard InChI is InChI=1S/C14H13N3O3/c1-17-6-5-9-8(3-4-12(20-2)13(9)17)10-7-11(14(18)19)16-15-10/h3-7H,1-2H3,(H,15,16)(H,18,19). The van der Waals surface area contributed by atoms with Gasteiger partial charge in [-0.1, -0.05) is 0 Å². The van der Waals surface area contributed by atoms with Crippen molar-refractivity contribution >= 4 is 16.9 Å². The second kappa shape index (κ2) is 4.41. The Bertz CT molecular complexity index is 801. The van der Waals surface area contributed by atoms with Crippen LogP contribution < -0.4 is 4.74 Å². The summed E-state index contributed by atoms with van der Waals surface area (Å²) >= 11 is 0. The van der Waals surface area contributed by atoms with E-state index in [0.717, 1.165) is 22.2 Å². The summed E-state index contributed by atoms with van der Waals surface area (Å²) in [6, 6.07) is 7.22. The predicted molar refractivity (Wildman–Crippen MR) is 74.0 cm³/mol. The molecule has 0 unspecified atom stereocenters. The van der Waals surface area contributed by atoms with Crippen LogP contribution in [0.25, 0.3) is 22.2 Å². The van der Waals surface area contributed by atoms with Gasteiger partial charge in [0.05, 0.1) is 18.3 Å². The summed E-state index contributed by atoms with van der Waals surface area (Å²) in [5.41, 5.74) is 2.48. The van der Waals surface area contributed by atoms with Crippen LogP contribution in [0.1, 0.15) is 10.5 Å². The molecule has 6 heteroatoms. The molecule has 0 atom stereocenters. The Morgan fingerprint density at radius 3 is 2.85 bits per heavy atom. The molecular weight excluding hydrogens is 258 g/mol. The number of hydrogen-bond acceptors (Lipinski definition) is 3. The highest BCUT2D eigenvalue weighted by Gasteiger charge is 2.15. The fraction of sp³-hybridized carbons (Fsp3) is 0.143. The van der Waals surface area contributed by atoms with Crippen molar-refractivity contribution in [2.45, 2.75) is 0 Å². The van der Waals surface area contributed by atoms with Crippen LogP contribution in [0, 0.1) is 0 Å². The van der Waals surface area contributed by atoms with E-state index in [1.165, 1.54) is 6.07 Å². The zero-order chi connectivity index (χ0) is 14.3. The summed E-state index contributed by atoms with van der Waals surface area (Å²) in [6.45, 7) is 0. The molecule has 2 heterocycles. The van der Waals surface area contributed by atoms with Gasteiger partial charge in [-0.25, -0.2) is 4.79 Å². The van der Waals surface area contributed by atoms with Crippen molar-refractivity contribution in [3.05, 3.63) is 36.2 Å². The molecule has 0 saturated heterocycles. The first-order valence-corrected chi connectivity index (χ1v) is 6.03. The smallest absolute Gasteiger partial charge is 0.353 e. The highest BCUT2D eigenvalue weighted by molar-refractivity contribution is 5.99. The van der Waals surface area contributed by atoms with Gasteiger partial charge in [0.2, 0.25) is 0 Å². The van der Waals surface area contributed by atoms with E-state index >= 15 is 0 Å². The molecule has 0 fully saturated rings. The third kappa shape index (κ3) is 1.73. The lowest BCUT2D eigenvalue weighted by Gasteiger charge is -2.07. The van der Waals surface area contributed by atoms with Gasteiger partial charge in [-0.15, -0.1) is 0 Å². The van der Waals surface area contributed by atoms with Gasteiger partial charge in [0.25, 0.3) is 0 Å². The molecule has 2 N–H and O–H groups in total. The summed E-state index contributed by atoms with van der Waals surface area (Å²) in [4.78, 5) is 10.9. The zero-order valence-electron chi connectivity index (χ0n) is 11.0. The van der Waals surface area contributed by atoms with E-state index in [9.17, 15) is 4.79 Å². The number of carboxylic acids is 1. The molecule has 102 valence electrons. The van der Waals surface area contributed by atoms with Gasteiger partial charge in [-0.05, 0) is 24.3 Å². The molecule has 0 aliphatic heterocycles. The number of methoxy groups -OCH3 is 1. The van der Waals surface area contributed by atoms with Gasteiger partial charge in [0, 0.05) is 24.2 Å². The second-order valence-corrected chi connectivity index (χ2v) is 4.48. The van der Waals surface area contributed by atoms with E-state index in [2.05, 4.69) is 10.2 Å². The number of carboxylic acid groups (broad SMARTS) is 1. The highest BCUT2D eigenvalue weighted by atomic mass is 16.5. The van der Waals surface area contributed by atoms with Gasteiger partial charge in [-0.3, -0.25) is 5.10 Å². The number of fused-ring (bicyclic) bond motifs is 1. The molecule has 0 saturated carbocycles. The van der Waals surface area contributed by atoms with E-state index in [1.807, 2.05) is 36.0 Å². The van der Waals surface area contributed by atoms with Crippen molar-refractivity contribution in [3.8, 4) is 17.0 Å². The molecule has 1 aromatic carbocycles. The van der Waals surface area contributed by atoms with Crippen molar-refractivity contribution in [3.63, 3.8) is 0 Å². The summed E-state index contributed by atoms with van der Waals surface area (Å²) in [5, 5.41) is 16.5. The number of benzene rings is 1. The van der Waals surface area contributed by atoms with Crippen LogP contribution >= 0.6 is 0 Å². The molecule has 3 rings (SSSR count). The lowest BCUT2D eigenvalue weighted by Crippen LogP contribution is -1.95. The maximum atomic E-state index is 10.9. The first-order valence-electron chi connectivity index (χ1n) is 6.03. The normalized spacial score (nSPS) is 10.9. The third-order valence-corrected chi connectivity index (χ3v) is 3.30. The number of carbonyl (C=O) groups is 1. The van der Waals surface area contributed by atoms with E-state index in [0.29, 0.717) is 5.69 Å². The van der Waals surface area contributed by atoms with Crippen LogP contribution in [0.2, 0.25) is 0 Å². The predicted octanol–water partition coefficient (Wildman–Crippen LogP) is 2.28. The number of aromatic nitrogens is 3. The first kappa shape index (κ1) is 12.3. The molecule has 0 spiro atoms. The Morgan fingerprint density at radius 2 is 2.20 bits per heavy atom. The van der Waals surface area contributed by atoms with Crippen LogP contribution in [0.4, 0.5) is 0 Å². The SMILES string of the molecule is COc1ccc(-c2cc(C(=O)O)[nH]n2)c2ccn(C)c12. The zero-order valence-corrected chi connectivity index (χ0v) is 11.0. The van der Waals surface area contributed by atoms with Gasteiger partial charge < -0.3 is 14.4 Å². The van der Waals surface area contributed by atoms with E-state index in [1.54, 1.807) is 7.11 Å². The largest absolute Gasteiger partial charge is 0.495 e. The maximum absolute atomic E-state index is 10.9. The average molecular weight is 271 g/mol. The van der Waals surface area contributed by atoms with Crippen LogP contribution in [0.15, 0.2) is 30.5 Å². The molecule has 6 nitrogen and oxygen atoms in total. The minimum atomic E-state index is -1.03. The van der Waals surface area contributed by atoms with Crippen LogP contribution in [-0.2, 0) is 7.05 Å². The van der Waals surface area contributed by atoms with Gasteiger partial charge in [0.1, 0.15) is 11.4 Å². The fourth-order valence-corrected chi connectivity index (χ4v) is 2.34. The Hall–Kier alpha value is -2.76. The number of aryl methyl sites for hydroxylation is 1. The number of nitrogens with one attached hydrogen (secondary N) is 1. The third-order valence-electron chi connectivity index (χ3n) is 3.30. The Balaban J connectivity index is 2.23. The van der Waals surface area contributed by atoms with Crippen LogP contribution in [0.5, 0.6) is 5.75 Å². The van der Waals surface area contributed by atoms with Crippen molar-refractivity contribution in [2.24, 2.45) is 7.05 Å². The molecule has 20 heavy (non-hydrogen) atoms. The molecule has 0 amide bonds. The number of ether oxygens (including phenoxy) is 1. The molecule has 3 aromatic rings. The highest BCUT2D eigenvalue weighted by Crippen LogP contribution is 2.34. The number of aromatic carboxylic acids is 1. The van der Waals surface area contributed by atoms with Crippen molar-refractivity contribution in [2.75, 3.05) is 7.11 Å². The van der Waals surface area contributed by atoms with Crippen LogP contribution in [-0.4, -0.2) is 33.0 Å². The molecular formula is C14H13N3O3. The van der Waals surface area contributed by atoms with Crippen molar-refractivity contribution in [1.29, 1.82) is 0 Å². The average Bonchev–Trinajstić information content (AvgIpc) is 3.06. The minimum absolute atomic E-state index is 0.0694. The van der Waals surface area contributed by atoms with Crippen molar-refractivity contribution < 1.29 is 14.6 Å². The number of rotatable bonds is 3. The quantitative estimate of drug-likeness (QED) is 0.765. The molecule has 0 aliphatic rings. The monoisotopic (exact) mass is 271 g/mol. The lowest BCUT2D eigenvalue weighted by molar-refractivity contribution is 0.0690. The van der Waals surface area contributed by atoms with E-state index in [4.69, 9.17) is 9.84 Å². The Morgan fingerprint density at radius 1 is 1.40 bits per heavy atom. The second-order valence-electron chi connectivity index (χ2n) is 4.48. The lowest BCUT2D eigenvalue weighted by atomic mass is 10.1. The number of hydrogen-bond donors (Lipinski definition) is 2. The summed E-state index contributed by atoms with van der Waals surface area (Å²) in [5.74, 6) is -0.258.